The number of hydrogen-bond donors (Lipinski definition) is 3. The van der Waals surface area contributed by atoms with E-state index in [4.69, 9.17) is 5.73 Å². The molecule has 19 heavy (non-hydrogen) atoms. The summed E-state index contributed by atoms with van der Waals surface area (Å²) in [7, 11) is -3.45. The highest BCUT2D eigenvalue weighted by atomic mass is 32.2. The topological polar surface area (TPSA) is 101 Å². The van der Waals surface area contributed by atoms with Crippen LogP contribution in [-0.4, -0.2) is 27.4 Å². The standard InChI is InChI=1S/C12H19N3O3S/c1-2-14-12(16)6-7-15-19(17,18)9-10-4-3-5-11(13)8-10/h3-5,8,15H,2,6-7,9,13H2,1H3,(H,14,16). The molecule has 1 amide bonds. The average Bonchev–Trinajstić information content (AvgIpc) is 2.28. The van der Waals surface area contributed by atoms with Gasteiger partial charge in [0, 0.05) is 25.2 Å². The van der Waals surface area contributed by atoms with Crippen LogP contribution in [-0.2, 0) is 20.6 Å². The van der Waals surface area contributed by atoms with E-state index in [1.165, 1.54) is 0 Å². The summed E-state index contributed by atoms with van der Waals surface area (Å²) in [6, 6.07) is 6.70. The maximum absolute atomic E-state index is 11.8. The Morgan fingerprint density at radius 1 is 1.37 bits per heavy atom. The van der Waals surface area contributed by atoms with Gasteiger partial charge in [0.05, 0.1) is 5.75 Å². The molecule has 0 atom stereocenters. The van der Waals surface area contributed by atoms with Crippen LogP contribution in [0, 0.1) is 0 Å². The van der Waals surface area contributed by atoms with Gasteiger partial charge in [0.15, 0.2) is 0 Å². The summed E-state index contributed by atoms with van der Waals surface area (Å²) in [5, 5.41) is 2.60. The van der Waals surface area contributed by atoms with Gasteiger partial charge >= 0.3 is 0 Å². The van der Waals surface area contributed by atoms with Gasteiger partial charge in [-0.05, 0) is 24.6 Å². The Labute approximate surface area is 113 Å². The quantitative estimate of drug-likeness (QED) is 0.623. The van der Waals surface area contributed by atoms with Gasteiger partial charge in [-0.1, -0.05) is 12.1 Å². The van der Waals surface area contributed by atoms with E-state index >= 15 is 0 Å². The fourth-order valence-corrected chi connectivity index (χ4v) is 2.69. The predicted molar refractivity (Wildman–Crippen MR) is 74.8 cm³/mol. The van der Waals surface area contributed by atoms with E-state index in [0.29, 0.717) is 17.8 Å². The summed E-state index contributed by atoms with van der Waals surface area (Å²) in [4.78, 5) is 11.2. The summed E-state index contributed by atoms with van der Waals surface area (Å²) in [6.07, 6.45) is 0.129. The highest BCUT2D eigenvalue weighted by Crippen LogP contribution is 2.09. The molecule has 7 heteroatoms. The number of amides is 1. The number of carbonyl (C=O) groups is 1. The van der Waals surface area contributed by atoms with E-state index in [-0.39, 0.29) is 24.6 Å². The minimum Gasteiger partial charge on any atom is -0.399 e. The van der Waals surface area contributed by atoms with E-state index in [2.05, 4.69) is 10.0 Å². The van der Waals surface area contributed by atoms with E-state index < -0.39 is 10.0 Å². The smallest absolute Gasteiger partial charge is 0.221 e. The molecule has 4 N–H and O–H groups in total. The Kier molecular flexibility index (Phi) is 5.78. The van der Waals surface area contributed by atoms with Gasteiger partial charge < -0.3 is 11.1 Å². The molecule has 0 aromatic heterocycles. The van der Waals surface area contributed by atoms with Crippen molar-refractivity contribution in [2.75, 3.05) is 18.8 Å². The monoisotopic (exact) mass is 285 g/mol. The van der Waals surface area contributed by atoms with Crippen LogP contribution in [0.2, 0.25) is 0 Å². The molecule has 0 fully saturated rings. The number of anilines is 1. The Bertz CT molecular complexity index is 529. The van der Waals surface area contributed by atoms with Crippen LogP contribution in [0.3, 0.4) is 0 Å². The van der Waals surface area contributed by atoms with Crippen molar-refractivity contribution in [2.24, 2.45) is 0 Å². The fourth-order valence-electron chi connectivity index (χ4n) is 1.56. The van der Waals surface area contributed by atoms with Crippen molar-refractivity contribution in [2.45, 2.75) is 19.1 Å². The Balaban J connectivity index is 2.46. The molecule has 0 aliphatic heterocycles. The second-order valence-electron chi connectivity index (χ2n) is 4.10. The van der Waals surface area contributed by atoms with Gasteiger partial charge in [-0.2, -0.15) is 0 Å². The maximum atomic E-state index is 11.8. The molecule has 0 aliphatic rings. The zero-order chi connectivity index (χ0) is 14.3. The van der Waals surface area contributed by atoms with Crippen molar-refractivity contribution in [3.8, 4) is 0 Å². The van der Waals surface area contributed by atoms with E-state index in [1.54, 1.807) is 24.3 Å². The molecular weight excluding hydrogens is 266 g/mol. The third-order valence-corrected chi connectivity index (χ3v) is 3.71. The average molecular weight is 285 g/mol. The van der Waals surface area contributed by atoms with Crippen molar-refractivity contribution < 1.29 is 13.2 Å². The molecule has 0 bridgehead atoms. The van der Waals surface area contributed by atoms with Crippen LogP contribution in [0.1, 0.15) is 18.9 Å². The van der Waals surface area contributed by atoms with Crippen molar-refractivity contribution in [1.82, 2.24) is 10.0 Å². The Morgan fingerprint density at radius 2 is 2.11 bits per heavy atom. The lowest BCUT2D eigenvalue weighted by Crippen LogP contribution is -2.31. The first-order valence-corrected chi connectivity index (χ1v) is 7.66. The van der Waals surface area contributed by atoms with Crippen molar-refractivity contribution in [3.05, 3.63) is 29.8 Å². The molecular formula is C12H19N3O3S. The third kappa shape index (κ3) is 6.21. The number of benzene rings is 1. The third-order valence-electron chi connectivity index (χ3n) is 2.36. The molecule has 1 rings (SSSR count). The Morgan fingerprint density at radius 3 is 2.74 bits per heavy atom. The summed E-state index contributed by atoms with van der Waals surface area (Å²) in [5.41, 5.74) is 6.72. The minimum absolute atomic E-state index is 0.0937. The van der Waals surface area contributed by atoms with Gasteiger partial charge in [0.25, 0.3) is 0 Å². The van der Waals surface area contributed by atoms with Crippen LogP contribution >= 0.6 is 0 Å². The first-order valence-electron chi connectivity index (χ1n) is 6.01. The normalized spacial score (nSPS) is 11.2. The maximum Gasteiger partial charge on any atom is 0.221 e. The number of rotatable bonds is 7. The second-order valence-corrected chi connectivity index (χ2v) is 5.91. The molecule has 0 saturated heterocycles. The summed E-state index contributed by atoms with van der Waals surface area (Å²) < 4.78 is 25.9. The first-order chi connectivity index (χ1) is 8.93. The van der Waals surface area contributed by atoms with Gasteiger partial charge in [-0.15, -0.1) is 0 Å². The molecule has 0 unspecified atom stereocenters. The summed E-state index contributed by atoms with van der Waals surface area (Å²) in [6.45, 7) is 2.44. The predicted octanol–water partition coefficient (Wildman–Crippen LogP) is 0.214. The van der Waals surface area contributed by atoms with Crippen molar-refractivity contribution in [3.63, 3.8) is 0 Å². The number of sulfonamides is 1. The molecule has 106 valence electrons. The highest BCUT2D eigenvalue weighted by Gasteiger charge is 2.11. The zero-order valence-corrected chi connectivity index (χ0v) is 11.7. The molecule has 0 radical (unpaired) electrons. The van der Waals surface area contributed by atoms with Gasteiger partial charge in [-0.25, -0.2) is 13.1 Å². The van der Waals surface area contributed by atoms with Gasteiger partial charge in [0.1, 0.15) is 0 Å². The van der Waals surface area contributed by atoms with Crippen LogP contribution in [0.25, 0.3) is 0 Å². The lowest BCUT2D eigenvalue weighted by Gasteiger charge is -2.07. The largest absolute Gasteiger partial charge is 0.399 e. The van der Waals surface area contributed by atoms with Gasteiger partial charge in [-0.3, -0.25) is 4.79 Å². The molecule has 0 aliphatic carbocycles. The van der Waals surface area contributed by atoms with E-state index in [9.17, 15) is 13.2 Å². The molecule has 0 heterocycles. The SMILES string of the molecule is CCNC(=O)CCNS(=O)(=O)Cc1cccc(N)c1. The highest BCUT2D eigenvalue weighted by molar-refractivity contribution is 7.88. The molecule has 1 aromatic carbocycles. The van der Waals surface area contributed by atoms with Crippen LogP contribution in [0.5, 0.6) is 0 Å². The van der Waals surface area contributed by atoms with Crippen molar-refractivity contribution in [1.29, 1.82) is 0 Å². The summed E-state index contributed by atoms with van der Waals surface area (Å²) in [5.74, 6) is -0.317. The summed E-state index contributed by atoms with van der Waals surface area (Å²) >= 11 is 0. The molecule has 0 saturated carbocycles. The zero-order valence-electron chi connectivity index (χ0n) is 10.8. The van der Waals surface area contributed by atoms with Gasteiger partial charge in [0.2, 0.25) is 15.9 Å². The number of nitrogens with two attached hydrogens (primary N) is 1. The molecule has 0 spiro atoms. The number of carbonyl (C=O) groups excluding carboxylic acids is 1. The molecule has 1 aromatic rings. The first kappa shape index (κ1) is 15.5. The van der Waals surface area contributed by atoms with Crippen LogP contribution in [0.4, 0.5) is 5.69 Å². The van der Waals surface area contributed by atoms with E-state index in [1.807, 2.05) is 6.92 Å². The van der Waals surface area contributed by atoms with Crippen LogP contribution in [0.15, 0.2) is 24.3 Å². The Hall–Kier alpha value is -1.60. The van der Waals surface area contributed by atoms with E-state index in [0.717, 1.165) is 0 Å². The minimum atomic E-state index is -3.45. The fraction of sp³-hybridized carbons (Fsp3) is 0.417. The number of nitrogens with one attached hydrogen (secondary N) is 2. The van der Waals surface area contributed by atoms with Crippen molar-refractivity contribution >= 4 is 21.6 Å². The number of hydrogen-bond acceptors (Lipinski definition) is 4. The second kappa shape index (κ2) is 7.10. The lowest BCUT2D eigenvalue weighted by molar-refractivity contribution is -0.120. The number of nitrogen functional groups attached to an aromatic ring is 1. The molecule has 6 nitrogen and oxygen atoms in total. The lowest BCUT2D eigenvalue weighted by atomic mass is 10.2. The van der Waals surface area contributed by atoms with Crippen LogP contribution < -0.4 is 15.8 Å².